The van der Waals surface area contributed by atoms with Crippen LogP contribution >= 0.6 is 0 Å². The van der Waals surface area contributed by atoms with Gasteiger partial charge in [-0.1, -0.05) is 132 Å². The minimum absolute atomic E-state index is 1.16. The number of hydrogen-bond donors (Lipinski definition) is 0. The maximum absolute atomic E-state index is 2.45. The van der Waals surface area contributed by atoms with E-state index in [4.69, 9.17) is 0 Å². The van der Waals surface area contributed by atoms with Gasteiger partial charge in [-0.25, -0.2) is 0 Å². The molecule has 0 spiro atoms. The molecule has 0 saturated carbocycles. The summed E-state index contributed by atoms with van der Waals surface area (Å²) in [5.74, 6) is 0. The molecule has 0 aliphatic carbocycles. The molecule has 0 aliphatic heterocycles. The number of rotatable bonds is 4. The fourth-order valence-corrected chi connectivity index (χ4v) is 9.65. The van der Waals surface area contributed by atoms with Gasteiger partial charge in [-0.3, -0.25) is 0 Å². The number of fused-ring (bicyclic) bond motifs is 8. The van der Waals surface area contributed by atoms with E-state index in [-0.39, 0.29) is 0 Å². The van der Waals surface area contributed by atoms with Gasteiger partial charge in [0.2, 0.25) is 0 Å². The number of nitrogens with zero attached hydrogens (tertiary/aromatic N) is 2. The van der Waals surface area contributed by atoms with Crippen molar-refractivity contribution in [2.75, 3.05) is 0 Å². The Morgan fingerprint density at radius 1 is 0.286 bits per heavy atom. The van der Waals surface area contributed by atoms with Crippen molar-refractivity contribution in [2.24, 2.45) is 0 Å². The van der Waals surface area contributed by atoms with E-state index in [2.05, 4.69) is 207 Å². The molecule has 11 rings (SSSR count). The first-order valence-electron chi connectivity index (χ1n) is 19.6. The topological polar surface area (TPSA) is 9.86 Å². The van der Waals surface area contributed by atoms with E-state index in [1.165, 1.54) is 110 Å². The summed E-state index contributed by atoms with van der Waals surface area (Å²) in [7, 11) is 0. The summed E-state index contributed by atoms with van der Waals surface area (Å²) in [6.45, 7) is 8.91. The second kappa shape index (κ2) is 12.3. The molecule has 0 fully saturated rings. The van der Waals surface area contributed by atoms with Crippen molar-refractivity contribution in [3.63, 3.8) is 0 Å². The fraction of sp³-hybridized carbons (Fsp3) is 0.0741. The highest BCUT2D eigenvalue weighted by atomic mass is 15.0. The van der Waals surface area contributed by atoms with E-state index < -0.39 is 0 Å². The molecular weight excluding hydrogens is 677 g/mol. The minimum Gasteiger partial charge on any atom is -0.309 e. The third-order valence-electron chi connectivity index (χ3n) is 12.1. The maximum Gasteiger partial charge on any atom is 0.0541 e. The van der Waals surface area contributed by atoms with E-state index in [1.807, 2.05) is 0 Å². The molecular formula is C54H40N2. The monoisotopic (exact) mass is 716 g/mol. The van der Waals surface area contributed by atoms with Crippen molar-refractivity contribution in [1.29, 1.82) is 0 Å². The lowest BCUT2D eigenvalue weighted by atomic mass is 9.83. The first kappa shape index (κ1) is 32.5. The summed E-state index contributed by atoms with van der Waals surface area (Å²) in [5.41, 5.74) is 17.4. The van der Waals surface area contributed by atoms with E-state index in [0.29, 0.717) is 0 Å². The Labute approximate surface area is 326 Å². The zero-order valence-electron chi connectivity index (χ0n) is 32.1. The molecule has 0 radical (unpaired) electrons. The van der Waals surface area contributed by atoms with Crippen molar-refractivity contribution in [2.45, 2.75) is 27.7 Å². The lowest BCUT2D eigenvalue weighted by Gasteiger charge is -2.22. The van der Waals surface area contributed by atoms with Gasteiger partial charge in [0.05, 0.1) is 22.1 Å². The molecule has 0 aliphatic rings. The minimum atomic E-state index is 1.16. The summed E-state index contributed by atoms with van der Waals surface area (Å²) in [5, 5.41) is 10.1. The van der Waals surface area contributed by atoms with E-state index in [9.17, 15) is 0 Å². The van der Waals surface area contributed by atoms with Crippen LogP contribution in [0.25, 0.3) is 98.8 Å². The smallest absolute Gasteiger partial charge is 0.0541 e. The average molecular weight is 717 g/mol. The lowest BCUT2D eigenvalue weighted by molar-refractivity contribution is 1.18. The van der Waals surface area contributed by atoms with Crippen LogP contribution in [0.2, 0.25) is 0 Å². The highest BCUT2D eigenvalue weighted by Gasteiger charge is 2.22. The molecule has 11 aromatic rings. The molecule has 2 nitrogen and oxygen atoms in total. The van der Waals surface area contributed by atoms with Gasteiger partial charge in [-0.05, 0) is 131 Å². The zero-order valence-corrected chi connectivity index (χ0v) is 32.1. The largest absolute Gasteiger partial charge is 0.309 e. The molecule has 9 aromatic carbocycles. The van der Waals surface area contributed by atoms with Gasteiger partial charge in [-0.15, -0.1) is 0 Å². The molecule has 0 saturated heterocycles. The number of para-hydroxylation sites is 4. The van der Waals surface area contributed by atoms with Crippen LogP contribution in [-0.4, -0.2) is 9.13 Å². The lowest BCUT2D eigenvalue weighted by Crippen LogP contribution is -1.99. The Morgan fingerprint density at radius 3 is 0.964 bits per heavy atom. The van der Waals surface area contributed by atoms with Crippen molar-refractivity contribution in [3.8, 4) is 33.6 Å². The molecule has 0 atom stereocenters. The molecule has 0 N–H and O–H groups in total. The van der Waals surface area contributed by atoms with E-state index in [0.717, 1.165) is 11.4 Å². The van der Waals surface area contributed by atoms with Crippen LogP contribution < -0.4 is 0 Å². The summed E-state index contributed by atoms with van der Waals surface area (Å²) in [6, 6.07) is 63.4. The highest BCUT2D eigenvalue weighted by molar-refractivity contribution is 6.23. The summed E-state index contributed by atoms with van der Waals surface area (Å²) in [4.78, 5) is 0. The van der Waals surface area contributed by atoms with Gasteiger partial charge in [0.1, 0.15) is 0 Å². The molecule has 0 bridgehead atoms. The Bertz CT molecular complexity index is 3070. The van der Waals surface area contributed by atoms with Gasteiger partial charge >= 0.3 is 0 Å². The van der Waals surface area contributed by atoms with Crippen LogP contribution in [0.1, 0.15) is 22.3 Å². The van der Waals surface area contributed by atoms with Crippen LogP contribution in [0.5, 0.6) is 0 Å². The predicted octanol–water partition coefficient (Wildman–Crippen LogP) is 14.8. The maximum atomic E-state index is 2.45. The van der Waals surface area contributed by atoms with E-state index >= 15 is 0 Å². The van der Waals surface area contributed by atoms with Crippen molar-refractivity contribution < 1.29 is 0 Å². The van der Waals surface area contributed by atoms with Crippen LogP contribution in [0, 0.1) is 27.7 Å². The van der Waals surface area contributed by atoms with Gasteiger partial charge in [0.25, 0.3) is 0 Å². The molecule has 2 heterocycles. The van der Waals surface area contributed by atoms with Crippen molar-refractivity contribution in [1.82, 2.24) is 9.13 Å². The van der Waals surface area contributed by atoms with Gasteiger partial charge in [-0.2, -0.15) is 0 Å². The average Bonchev–Trinajstić information content (AvgIpc) is 3.74. The number of hydrogen-bond acceptors (Lipinski definition) is 0. The zero-order chi connectivity index (χ0) is 37.7. The third-order valence-corrected chi connectivity index (χ3v) is 12.1. The van der Waals surface area contributed by atoms with Crippen molar-refractivity contribution in [3.05, 3.63) is 192 Å². The Morgan fingerprint density at radius 2 is 0.625 bits per heavy atom. The van der Waals surface area contributed by atoms with Gasteiger partial charge in [0, 0.05) is 32.9 Å². The summed E-state index contributed by atoms with van der Waals surface area (Å²) in [6.07, 6.45) is 0. The first-order chi connectivity index (χ1) is 27.4. The van der Waals surface area contributed by atoms with Gasteiger partial charge < -0.3 is 9.13 Å². The highest BCUT2D eigenvalue weighted by Crippen LogP contribution is 2.47. The SMILES string of the molecule is Cc1ccc(-c2c3ccc(-n4c5ccccc5c5ccccc54)cc3c(-c3ccc(C)cc3C)c3ccc(-n4c5ccccc5c5ccccc54)cc23)c(C)c1. The van der Waals surface area contributed by atoms with Gasteiger partial charge in [0.15, 0.2) is 0 Å². The number of benzene rings is 9. The second-order valence-electron chi connectivity index (χ2n) is 15.6. The third kappa shape index (κ3) is 4.75. The predicted molar refractivity (Wildman–Crippen MR) is 240 cm³/mol. The molecule has 0 unspecified atom stereocenters. The number of aromatic nitrogens is 2. The standard InChI is InChI=1S/C54H40N2/c1-33-21-25-39(35(3)29-33)53-45-27-23-38(56-51-19-11-7-15-43(51)44-16-8-12-20-52(44)56)32-48(45)54(40-26-22-34(2)30-36(40)4)46-28-24-37(31-47(46)53)55-49-17-9-5-13-41(49)42-14-6-10-18-50(42)55/h5-32H,1-4H3. The van der Waals surface area contributed by atoms with Crippen LogP contribution in [0.4, 0.5) is 0 Å². The Kier molecular flexibility index (Phi) is 7.15. The second-order valence-corrected chi connectivity index (χ2v) is 15.6. The van der Waals surface area contributed by atoms with Crippen molar-refractivity contribution >= 4 is 65.2 Å². The normalized spacial score (nSPS) is 11.9. The molecule has 56 heavy (non-hydrogen) atoms. The fourth-order valence-electron chi connectivity index (χ4n) is 9.65. The summed E-state index contributed by atoms with van der Waals surface area (Å²) >= 11 is 0. The van der Waals surface area contributed by atoms with Crippen LogP contribution in [0.3, 0.4) is 0 Å². The number of aryl methyl sites for hydroxylation is 4. The molecule has 0 amide bonds. The quantitative estimate of drug-likeness (QED) is 0.161. The van der Waals surface area contributed by atoms with Crippen LogP contribution in [-0.2, 0) is 0 Å². The van der Waals surface area contributed by atoms with E-state index in [1.54, 1.807) is 0 Å². The Hall–Kier alpha value is -6.90. The summed E-state index contributed by atoms with van der Waals surface area (Å²) < 4.78 is 4.89. The molecule has 2 heteroatoms. The van der Waals surface area contributed by atoms with Crippen LogP contribution in [0.15, 0.2) is 170 Å². The first-order valence-corrected chi connectivity index (χ1v) is 19.6. The molecule has 2 aromatic heterocycles. The molecule has 266 valence electrons. The Balaban J connectivity index is 1.31.